The van der Waals surface area contributed by atoms with Crippen LogP contribution >= 0.6 is 11.8 Å². The Bertz CT molecular complexity index is 806. The van der Waals surface area contributed by atoms with Gasteiger partial charge in [0.2, 0.25) is 5.91 Å². The molecule has 3 rings (SSSR count). The molecular weight excluding hydrogens is 375 g/mol. The lowest BCUT2D eigenvalue weighted by atomic mass is 10.1. The predicted octanol–water partition coefficient (Wildman–Crippen LogP) is 2.51. The van der Waals surface area contributed by atoms with Gasteiger partial charge in [-0.3, -0.25) is 4.79 Å². The van der Waals surface area contributed by atoms with Gasteiger partial charge in [0.25, 0.3) is 0 Å². The molecule has 2 heterocycles. The lowest BCUT2D eigenvalue weighted by molar-refractivity contribution is -0.118. The number of amides is 1. The molecule has 0 saturated carbocycles. The van der Waals surface area contributed by atoms with Gasteiger partial charge in [-0.15, -0.1) is 0 Å². The van der Waals surface area contributed by atoms with Crippen LogP contribution in [0.15, 0.2) is 29.3 Å². The molecule has 2 aliphatic rings. The van der Waals surface area contributed by atoms with Crippen LogP contribution < -0.4 is 0 Å². The Balaban J connectivity index is 1.77. The lowest BCUT2D eigenvalue weighted by Crippen LogP contribution is -2.39. The van der Waals surface area contributed by atoms with Crippen LogP contribution in [0.1, 0.15) is 25.8 Å². The molecule has 0 aliphatic carbocycles. The van der Waals surface area contributed by atoms with Crippen molar-refractivity contribution in [3.8, 4) is 0 Å². The van der Waals surface area contributed by atoms with E-state index in [1.54, 1.807) is 12.1 Å². The molecule has 8 heteroatoms. The highest BCUT2D eigenvalue weighted by Crippen LogP contribution is 2.38. The molecule has 2 fully saturated rings. The maximum atomic E-state index is 13.1. The second-order valence-corrected chi connectivity index (χ2v) is 10.6. The number of carbonyl (C=O) groups excluding carboxylic acids is 1. The van der Waals surface area contributed by atoms with E-state index in [1.165, 1.54) is 23.9 Å². The molecule has 0 radical (unpaired) electrons. The quantitative estimate of drug-likeness (QED) is 0.762. The highest BCUT2D eigenvalue weighted by molar-refractivity contribution is 8.15. The van der Waals surface area contributed by atoms with Gasteiger partial charge in [0.1, 0.15) is 5.82 Å². The largest absolute Gasteiger partial charge is 0.346 e. The van der Waals surface area contributed by atoms with Crippen LogP contribution in [0.3, 0.4) is 0 Å². The monoisotopic (exact) mass is 398 g/mol. The van der Waals surface area contributed by atoms with Gasteiger partial charge in [-0.25, -0.2) is 12.8 Å². The van der Waals surface area contributed by atoms with Crippen molar-refractivity contribution in [2.75, 3.05) is 18.1 Å². The number of benzene rings is 1. The van der Waals surface area contributed by atoms with Crippen molar-refractivity contribution in [1.82, 2.24) is 4.90 Å². The third kappa shape index (κ3) is 4.65. The van der Waals surface area contributed by atoms with E-state index in [9.17, 15) is 17.6 Å². The van der Waals surface area contributed by atoms with Gasteiger partial charge in [-0.05, 0) is 30.0 Å². The maximum absolute atomic E-state index is 13.1. The number of amidine groups is 1. The first-order valence-corrected chi connectivity index (χ1v) is 11.4. The summed E-state index contributed by atoms with van der Waals surface area (Å²) in [6.45, 7) is 4.49. The van der Waals surface area contributed by atoms with Crippen molar-refractivity contribution in [2.24, 2.45) is 10.9 Å². The van der Waals surface area contributed by atoms with E-state index in [0.29, 0.717) is 24.6 Å². The Morgan fingerprint density at radius 3 is 2.65 bits per heavy atom. The Morgan fingerprint density at radius 2 is 2.00 bits per heavy atom. The highest BCUT2D eigenvalue weighted by atomic mass is 32.2. The van der Waals surface area contributed by atoms with E-state index in [1.807, 2.05) is 18.7 Å². The fourth-order valence-corrected chi connectivity index (χ4v) is 7.29. The molecule has 2 aliphatic heterocycles. The molecule has 1 aromatic rings. The smallest absolute Gasteiger partial charge is 0.248 e. The Labute approximate surface area is 158 Å². The molecule has 1 amide bonds. The zero-order valence-electron chi connectivity index (χ0n) is 14.9. The lowest BCUT2D eigenvalue weighted by Gasteiger charge is -2.24. The van der Waals surface area contributed by atoms with Crippen molar-refractivity contribution in [1.29, 1.82) is 0 Å². The van der Waals surface area contributed by atoms with Crippen LogP contribution in [0.4, 0.5) is 4.39 Å². The van der Waals surface area contributed by atoms with Crippen molar-refractivity contribution >= 4 is 32.7 Å². The second-order valence-electron chi connectivity index (χ2n) is 7.26. The molecule has 0 bridgehead atoms. The molecule has 2 atom stereocenters. The van der Waals surface area contributed by atoms with Gasteiger partial charge >= 0.3 is 0 Å². The molecule has 0 aromatic heterocycles. The first kappa shape index (κ1) is 19.4. The average molecular weight is 399 g/mol. The number of nitrogens with zero attached hydrogens (tertiary/aromatic N) is 2. The Kier molecular flexibility index (Phi) is 5.72. The summed E-state index contributed by atoms with van der Waals surface area (Å²) >= 11 is 1.40. The molecule has 0 spiro atoms. The molecule has 142 valence electrons. The predicted molar refractivity (Wildman–Crippen MR) is 103 cm³/mol. The number of carbonyl (C=O) groups is 1. The minimum Gasteiger partial charge on any atom is -0.346 e. The molecule has 0 unspecified atom stereocenters. The molecule has 1 aromatic carbocycles. The first-order chi connectivity index (χ1) is 12.2. The number of hydrogen-bond donors (Lipinski definition) is 0. The van der Waals surface area contributed by atoms with E-state index in [-0.39, 0.29) is 40.4 Å². The number of sulfone groups is 1. The fraction of sp³-hybridized carbons (Fsp3) is 0.556. The van der Waals surface area contributed by atoms with Gasteiger partial charge in [0.05, 0.1) is 17.5 Å². The number of rotatable bonds is 5. The molecule has 0 N–H and O–H groups in total. The number of thioether (sulfide) groups is 1. The number of fused-ring (bicyclic) bond motifs is 1. The molecule has 2 saturated heterocycles. The summed E-state index contributed by atoms with van der Waals surface area (Å²) in [7, 11) is -3.05. The van der Waals surface area contributed by atoms with Gasteiger partial charge < -0.3 is 4.90 Å². The zero-order valence-corrected chi connectivity index (χ0v) is 16.5. The summed E-state index contributed by atoms with van der Waals surface area (Å²) < 4.78 is 37.0. The fourth-order valence-electron chi connectivity index (χ4n) is 3.30. The Morgan fingerprint density at radius 1 is 1.31 bits per heavy atom. The topological polar surface area (TPSA) is 66.8 Å². The first-order valence-electron chi connectivity index (χ1n) is 8.73. The molecule has 5 nitrogen and oxygen atoms in total. The van der Waals surface area contributed by atoms with Crippen LogP contribution in [0, 0.1) is 11.7 Å². The van der Waals surface area contributed by atoms with Crippen molar-refractivity contribution in [2.45, 2.75) is 38.0 Å². The maximum Gasteiger partial charge on any atom is 0.248 e. The summed E-state index contributed by atoms with van der Waals surface area (Å²) in [5.41, 5.74) is 0.966. The van der Waals surface area contributed by atoms with Crippen LogP contribution in [0.2, 0.25) is 0 Å². The van der Waals surface area contributed by atoms with Crippen LogP contribution in [-0.2, 0) is 21.1 Å². The normalized spacial score (nSPS) is 25.8. The van der Waals surface area contributed by atoms with E-state index >= 15 is 0 Å². The summed E-state index contributed by atoms with van der Waals surface area (Å²) in [6, 6.07) is 6.14. The van der Waals surface area contributed by atoms with Gasteiger partial charge in [0.15, 0.2) is 15.0 Å². The third-order valence-corrected chi connectivity index (χ3v) is 7.78. The third-order valence-electron chi connectivity index (χ3n) is 4.53. The minimum atomic E-state index is -3.05. The summed E-state index contributed by atoms with van der Waals surface area (Å²) in [6.07, 6.45) is 1.02. The van der Waals surface area contributed by atoms with Gasteiger partial charge in [0, 0.05) is 18.2 Å². The van der Waals surface area contributed by atoms with Gasteiger partial charge in [-0.2, -0.15) is 4.99 Å². The van der Waals surface area contributed by atoms with Crippen LogP contribution in [0.5, 0.6) is 0 Å². The van der Waals surface area contributed by atoms with Crippen molar-refractivity contribution in [3.05, 3.63) is 35.6 Å². The number of hydrogen-bond acceptors (Lipinski definition) is 4. The SMILES string of the molecule is CC(C)CC(=O)N=C1S[C@H]2CS(=O)(=O)C[C@@H]2N1CCc1ccc(F)cc1. The summed E-state index contributed by atoms with van der Waals surface area (Å²) in [5.74, 6) is 0.00925. The van der Waals surface area contributed by atoms with E-state index in [2.05, 4.69) is 4.99 Å². The van der Waals surface area contributed by atoms with Crippen molar-refractivity contribution in [3.63, 3.8) is 0 Å². The van der Waals surface area contributed by atoms with Crippen LogP contribution in [0.25, 0.3) is 0 Å². The number of aliphatic imine (C=N–C) groups is 1. The van der Waals surface area contributed by atoms with Crippen molar-refractivity contribution < 1.29 is 17.6 Å². The summed E-state index contributed by atoms with van der Waals surface area (Å²) in [5, 5.41) is 0.557. The van der Waals surface area contributed by atoms with E-state index in [0.717, 1.165) is 5.56 Å². The van der Waals surface area contributed by atoms with E-state index < -0.39 is 9.84 Å². The highest BCUT2D eigenvalue weighted by Gasteiger charge is 2.48. The molecular formula is C18H23FN2O3S2. The van der Waals surface area contributed by atoms with E-state index in [4.69, 9.17) is 0 Å². The second kappa shape index (κ2) is 7.68. The average Bonchev–Trinajstić information content (AvgIpc) is 2.97. The number of halogens is 1. The zero-order chi connectivity index (χ0) is 18.9. The minimum absolute atomic E-state index is 0.0705. The standard InChI is InChI=1S/C18H23FN2O3S2/c1-12(2)9-17(22)20-18-21(8-7-13-3-5-14(19)6-4-13)15-10-26(23,24)11-16(15)25-18/h3-6,12,15-16H,7-11H2,1-2H3/t15-,16-/m0/s1. The van der Waals surface area contributed by atoms with Gasteiger partial charge in [-0.1, -0.05) is 37.7 Å². The Hall–Kier alpha value is -1.41. The summed E-state index contributed by atoms with van der Waals surface area (Å²) in [4.78, 5) is 18.4. The molecule has 26 heavy (non-hydrogen) atoms. The van der Waals surface area contributed by atoms with Crippen LogP contribution in [-0.4, -0.2) is 53.7 Å².